The van der Waals surface area contributed by atoms with E-state index in [1.54, 1.807) is 19.0 Å². The minimum absolute atomic E-state index is 0.217. The van der Waals surface area contributed by atoms with Crippen LogP contribution in [-0.4, -0.2) is 64.8 Å². The third kappa shape index (κ3) is 2.04. The van der Waals surface area contributed by atoms with Crippen LogP contribution in [-0.2, 0) is 4.79 Å². The van der Waals surface area contributed by atoms with E-state index in [-0.39, 0.29) is 6.54 Å². The molecule has 0 bridgehead atoms. The molecule has 0 radical (unpaired) electrons. The Morgan fingerprint density at radius 1 is 1.40 bits per heavy atom. The van der Waals surface area contributed by atoms with E-state index in [2.05, 4.69) is 0 Å². The highest BCUT2D eigenvalue weighted by Gasteiger charge is 2.50. The number of carboxylic acid groups (broad SMARTS) is 2. The molecule has 1 aliphatic heterocycles. The molecule has 0 aliphatic carbocycles. The Morgan fingerprint density at radius 3 is 2.40 bits per heavy atom. The molecule has 6 heteroatoms. The number of hydrogen-bond donors (Lipinski definition) is 2. The van der Waals surface area contributed by atoms with Crippen LogP contribution >= 0.6 is 0 Å². The Balaban J connectivity index is 2.98. The number of likely N-dealkylation sites (tertiary alicyclic amines) is 1. The molecule has 1 heterocycles. The zero-order chi connectivity index (χ0) is 11.6. The molecule has 0 aromatic heterocycles. The smallest absolute Gasteiger partial charge is 0.408 e. The molecule has 1 aliphatic rings. The SMILES string of the molecule is CN(C)C[C@@]1(C(=O)O)CCCN1C(=O)O. The molecule has 15 heavy (non-hydrogen) atoms. The Labute approximate surface area is 88.1 Å². The van der Waals surface area contributed by atoms with Gasteiger partial charge in [0, 0.05) is 13.1 Å². The van der Waals surface area contributed by atoms with Gasteiger partial charge in [0.05, 0.1) is 0 Å². The topological polar surface area (TPSA) is 81.1 Å². The number of hydrogen-bond acceptors (Lipinski definition) is 3. The van der Waals surface area contributed by atoms with Crippen molar-refractivity contribution >= 4 is 12.1 Å². The lowest BCUT2D eigenvalue weighted by Gasteiger charge is -2.34. The monoisotopic (exact) mass is 216 g/mol. The lowest BCUT2D eigenvalue weighted by molar-refractivity contribution is -0.149. The van der Waals surface area contributed by atoms with Crippen LogP contribution in [0.5, 0.6) is 0 Å². The highest BCUT2D eigenvalue weighted by molar-refractivity contribution is 5.85. The summed E-state index contributed by atoms with van der Waals surface area (Å²) < 4.78 is 0. The van der Waals surface area contributed by atoms with Crippen molar-refractivity contribution in [2.24, 2.45) is 0 Å². The molecule has 1 amide bonds. The van der Waals surface area contributed by atoms with Crippen molar-refractivity contribution < 1.29 is 19.8 Å². The summed E-state index contributed by atoms with van der Waals surface area (Å²) in [6.45, 7) is 0.518. The highest BCUT2D eigenvalue weighted by atomic mass is 16.4. The summed E-state index contributed by atoms with van der Waals surface area (Å²) in [7, 11) is 3.48. The summed E-state index contributed by atoms with van der Waals surface area (Å²) in [5, 5.41) is 18.2. The van der Waals surface area contributed by atoms with Gasteiger partial charge in [-0.15, -0.1) is 0 Å². The average molecular weight is 216 g/mol. The molecule has 86 valence electrons. The van der Waals surface area contributed by atoms with Gasteiger partial charge in [0.25, 0.3) is 0 Å². The van der Waals surface area contributed by atoms with E-state index in [1.165, 1.54) is 0 Å². The summed E-state index contributed by atoms with van der Waals surface area (Å²) in [5.74, 6) is -1.06. The third-order valence-electron chi connectivity index (χ3n) is 2.70. The van der Waals surface area contributed by atoms with Crippen LogP contribution in [0.4, 0.5) is 4.79 Å². The lowest BCUT2D eigenvalue weighted by atomic mass is 9.96. The first-order valence-corrected chi connectivity index (χ1v) is 4.79. The van der Waals surface area contributed by atoms with E-state index in [4.69, 9.17) is 5.11 Å². The van der Waals surface area contributed by atoms with Gasteiger partial charge in [-0.3, -0.25) is 4.90 Å². The first-order valence-electron chi connectivity index (χ1n) is 4.79. The Morgan fingerprint density at radius 2 is 2.00 bits per heavy atom. The normalized spacial score (nSPS) is 25.9. The first kappa shape index (κ1) is 11.8. The van der Waals surface area contributed by atoms with Crippen molar-refractivity contribution in [1.82, 2.24) is 9.80 Å². The summed E-state index contributed by atoms with van der Waals surface area (Å²) >= 11 is 0. The van der Waals surface area contributed by atoms with Crippen molar-refractivity contribution in [1.29, 1.82) is 0 Å². The Bertz CT molecular complexity index is 279. The van der Waals surface area contributed by atoms with E-state index in [9.17, 15) is 14.7 Å². The molecular weight excluding hydrogens is 200 g/mol. The minimum Gasteiger partial charge on any atom is -0.479 e. The number of rotatable bonds is 3. The quantitative estimate of drug-likeness (QED) is 0.701. The van der Waals surface area contributed by atoms with Crippen molar-refractivity contribution in [2.75, 3.05) is 27.2 Å². The summed E-state index contributed by atoms with van der Waals surface area (Å²) in [4.78, 5) is 24.9. The molecular formula is C9H16N2O4. The minimum atomic E-state index is -1.27. The molecule has 0 aromatic carbocycles. The molecule has 6 nitrogen and oxygen atoms in total. The first-order chi connectivity index (χ1) is 6.90. The molecule has 1 rings (SSSR count). The van der Waals surface area contributed by atoms with Gasteiger partial charge in [-0.25, -0.2) is 9.59 Å². The molecule has 1 saturated heterocycles. The second-order valence-corrected chi connectivity index (χ2v) is 4.11. The van der Waals surface area contributed by atoms with Crippen molar-refractivity contribution in [3.05, 3.63) is 0 Å². The molecule has 0 saturated carbocycles. The molecule has 1 atom stereocenters. The lowest BCUT2D eigenvalue weighted by Crippen LogP contribution is -2.58. The number of carbonyl (C=O) groups is 2. The Hall–Kier alpha value is -1.30. The molecule has 0 unspecified atom stereocenters. The fourth-order valence-electron chi connectivity index (χ4n) is 2.13. The van der Waals surface area contributed by atoms with Crippen molar-refractivity contribution in [3.8, 4) is 0 Å². The maximum absolute atomic E-state index is 11.2. The van der Waals surface area contributed by atoms with Crippen LogP contribution in [0, 0.1) is 0 Å². The van der Waals surface area contributed by atoms with Crippen LogP contribution in [0.3, 0.4) is 0 Å². The molecule has 1 fully saturated rings. The maximum Gasteiger partial charge on any atom is 0.408 e. The second kappa shape index (κ2) is 4.06. The second-order valence-electron chi connectivity index (χ2n) is 4.11. The number of amides is 1. The number of likely N-dealkylation sites (N-methyl/N-ethyl adjacent to an activating group) is 1. The van der Waals surface area contributed by atoms with Crippen LogP contribution in [0.25, 0.3) is 0 Å². The van der Waals surface area contributed by atoms with Gasteiger partial charge in [-0.05, 0) is 26.9 Å². The van der Waals surface area contributed by atoms with Gasteiger partial charge in [-0.1, -0.05) is 0 Å². The zero-order valence-electron chi connectivity index (χ0n) is 8.93. The number of nitrogens with zero attached hydrogens (tertiary/aromatic N) is 2. The molecule has 0 aromatic rings. The average Bonchev–Trinajstić information content (AvgIpc) is 2.47. The van der Waals surface area contributed by atoms with Gasteiger partial charge in [-0.2, -0.15) is 0 Å². The predicted molar refractivity (Wildman–Crippen MR) is 52.9 cm³/mol. The van der Waals surface area contributed by atoms with Crippen LogP contribution < -0.4 is 0 Å². The summed E-state index contributed by atoms with van der Waals surface area (Å²) in [6, 6.07) is 0. The summed E-state index contributed by atoms with van der Waals surface area (Å²) in [6.07, 6.45) is -0.170. The van der Waals surface area contributed by atoms with Gasteiger partial charge in [0.1, 0.15) is 0 Å². The van der Waals surface area contributed by atoms with E-state index in [0.717, 1.165) is 4.90 Å². The fraction of sp³-hybridized carbons (Fsp3) is 0.778. The van der Waals surface area contributed by atoms with Gasteiger partial charge in [0.15, 0.2) is 5.54 Å². The van der Waals surface area contributed by atoms with Gasteiger partial charge >= 0.3 is 12.1 Å². The summed E-state index contributed by atoms with van der Waals surface area (Å²) in [5.41, 5.74) is -1.27. The largest absolute Gasteiger partial charge is 0.479 e. The Kier molecular flexibility index (Phi) is 3.18. The van der Waals surface area contributed by atoms with Crippen LogP contribution in [0.1, 0.15) is 12.8 Å². The van der Waals surface area contributed by atoms with E-state index in [0.29, 0.717) is 19.4 Å². The standard InChI is InChI=1S/C9H16N2O4/c1-10(2)6-9(7(12)13)4-3-5-11(9)8(14)15/h3-6H2,1-2H3,(H,12,13)(H,14,15)/t9-/m1/s1. The highest BCUT2D eigenvalue weighted by Crippen LogP contribution is 2.30. The van der Waals surface area contributed by atoms with Crippen LogP contribution in [0.2, 0.25) is 0 Å². The number of aliphatic carboxylic acids is 1. The zero-order valence-corrected chi connectivity index (χ0v) is 8.93. The van der Waals surface area contributed by atoms with Gasteiger partial charge in [0.2, 0.25) is 0 Å². The molecule has 2 N–H and O–H groups in total. The predicted octanol–water partition coefficient (Wildman–Crippen LogP) is 0.145. The van der Waals surface area contributed by atoms with E-state index >= 15 is 0 Å². The molecule has 0 spiro atoms. The van der Waals surface area contributed by atoms with Crippen molar-refractivity contribution in [3.63, 3.8) is 0 Å². The fourth-order valence-corrected chi connectivity index (χ4v) is 2.13. The van der Waals surface area contributed by atoms with Crippen LogP contribution in [0.15, 0.2) is 0 Å². The van der Waals surface area contributed by atoms with E-state index < -0.39 is 17.6 Å². The van der Waals surface area contributed by atoms with Crippen molar-refractivity contribution in [2.45, 2.75) is 18.4 Å². The van der Waals surface area contributed by atoms with E-state index in [1.807, 2.05) is 0 Å². The maximum atomic E-state index is 11.2. The third-order valence-corrected chi connectivity index (χ3v) is 2.70. The van der Waals surface area contributed by atoms with Gasteiger partial charge < -0.3 is 15.1 Å². The number of carboxylic acids is 1.